The Morgan fingerprint density at radius 2 is 0.934 bits per heavy atom. The molecule has 0 unspecified atom stereocenters. The Morgan fingerprint density at radius 1 is 0.475 bits per heavy atom. The van der Waals surface area contributed by atoms with Crippen LogP contribution >= 0.6 is 22.7 Å². The van der Waals surface area contributed by atoms with Crippen LogP contribution in [0.25, 0.3) is 92.8 Å². The van der Waals surface area contributed by atoms with E-state index in [2.05, 4.69) is 10.2 Å². The van der Waals surface area contributed by atoms with Crippen LogP contribution < -0.4 is 0 Å². The van der Waals surface area contributed by atoms with E-state index in [-0.39, 0.29) is 43.4 Å². The van der Waals surface area contributed by atoms with Crippen molar-refractivity contribution in [3.05, 3.63) is 160 Å². The van der Waals surface area contributed by atoms with E-state index < -0.39 is 28.9 Å². The van der Waals surface area contributed by atoms with Crippen molar-refractivity contribution >= 4 is 75.8 Å². The normalized spacial score (nSPS) is 15.9. The number of aryl methyl sites for hydroxylation is 2. The molecule has 0 bridgehead atoms. The van der Waals surface area contributed by atoms with Gasteiger partial charge in [0.1, 0.15) is 0 Å². The van der Waals surface area contributed by atoms with Crippen LogP contribution in [0.2, 0.25) is 0 Å². The molecule has 0 atom stereocenters. The summed E-state index contributed by atoms with van der Waals surface area (Å²) < 4.78 is 106. The number of nitrogens with zero attached hydrogens (tertiary/aromatic N) is 3. The lowest BCUT2D eigenvalue weighted by Crippen LogP contribution is -2.48. The Balaban J connectivity index is 1.03. The second-order valence-corrected chi connectivity index (χ2v) is 17.7. The van der Waals surface area contributed by atoms with Crippen LogP contribution in [0.15, 0.2) is 144 Å². The summed E-state index contributed by atoms with van der Waals surface area (Å²) in [6, 6.07) is 42.9. The Hall–Kier alpha value is -6.50. The van der Waals surface area contributed by atoms with Gasteiger partial charge in [-0.05, 0) is 73.5 Å². The van der Waals surface area contributed by atoms with Gasteiger partial charge in [-0.15, -0.1) is 32.9 Å². The second kappa shape index (κ2) is 13.2. The van der Waals surface area contributed by atoms with E-state index in [1.807, 2.05) is 108 Å². The summed E-state index contributed by atoms with van der Waals surface area (Å²) >= 11 is 2.14. The zero-order valence-corrected chi connectivity index (χ0v) is 33.7. The van der Waals surface area contributed by atoms with Crippen molar-refractivity contribution in [1.82, 2.24) is 14.8 Å². The van der Waals surface area contributed by atoms with Gasteiger partial charge in [0.2, 0.25) is 11.8 Å². The highest BCUT2D eigenvalue weighted by molar-refractivity contribution is 7.19. The molecule has 0 aliphatic heterocycles. The van der Waals surface area contributed by atoms with Gasteiger partial charge in [-0.2, -0.15) is 26.3 Å². The summed E-state index contributed by atoms with van der Waals surface area (Å²) in [6.45, 7) is 2.99. The fourth-order valence-electron chi connectivity index (χ4n) is 8.80. The van der Waals surface area contributed by atoms with Crippen molar-refractivity contribution in [3.63, 3.8) is 0 Å². The number of thiophene rings is 2. The SMILES string of the molecule is Cc1sc2cc(-c3nnc(-c4ccc(-c5ccccc5)cc4)o3)ccc2c1C1=C(c2c(C)sc3cc(-n4c5ccccc5c5ccccc54)ccc23)C(F)(F)C(F)(F)C1(F)F. The molecule has 1 aliphatic carbocycles. The number of benzene rings is 6. The first-order valence-corrected chi connectivity index (χ1v) is 20.9. The van der Waals surface area contributed by atoms with Crippen LogP contribution in [-0.2, 0) is 0 Å². The van der Waals surface area contributed by atoms with Crippen molar-refractivity contribution in [1.29, 1.82) is 0 Å². The average molecular weight is 854 g/mol. The first kappa shape index (κ1) is 37.5. The quantitative estimate of drug-likeness (QED) is 0.157. The minimum Gasteiger partial charge on any atom is -0.416 e. The van der Waals surface area contributed by atoms with Gasteiger partial charge in [-0.3, -0.25) is 0 Å². The van der Waals surface area contributed by atoms with Gasteiger partial charge in [0.25, 0.3) is 0 Å². The lowest BCUT2D eigenvalue weighted by molar-refractivity contribution is -0.254. The van der Waals surface area contributed by atoms with Crippen LogP contribution in [-0.4, -0.2) is 32.5 Å². The van der Waals surface area contributed by atoms with E-state index in [4.69, 9.17) is 4.42 Å². The summed E-state index contributed by atoms with van der Waals surface area (Å²) in [5.74, 6) is -15.8. The summed E-state index contributed by atoms with van der Waals surface area (Å²) in [5, 5.41) is 10.8. The summed E-state index contributed by atoms with van der Waals surface area (Å²) in [5.41, 5.74) is 2.35. The number of alkyl halides is 6. The third-order valence-electron chi connectivity index (χ3n) is 11.6. The standard InChI is InChI=1S/C49H29F6N3OS2/c1-26-41(35-22-20-31(24-39(35)60-26)46-57-56-45(59-46)30-18-16-29(17-19-30)28-10-4-3-5-11-28)43-44(48(52,53)49(54,55)47(43,50)51)42-27(2)61-40-25-32(21-23-36(40)42)58-37-14-8-6-12-33(37)34-13-7-9-15-38(34)58/h3-25H,1-2H3. The maximum Gasteiger partial charge on any atom is 0.380 e. The molecule has 4 heterocycles. The van der Waals surface area contributed by atoms with Crippen molar-refractivity contribution in [2.45, 2.75) is 31.6 Å². The predicted octanol–water partition coefficient (Wildman–Crippen LogP) is 15.0. The van der Waals surface area contributed by atoms with Crippen molar-refractivity contribution in [3.8, 4) is 39.7 Å². The molecule has 4 aromatic heterocycles. The monoisotopic (exact) mass is 853 g/mol. The van der Waals surface area contributed by atoms with Crippen LogP contribution in [0.4, 0.5) is 26.3 Å². The minimum atomic E-state index is -5.71. The van der Waals surface area contributed by atoms with Crippen molar-refractivity contribution in [2.75, 3.05) is 0 Å². The number of fused-ring (bicyclic) bond motifs is 5. The molecular formula is C49H29F6N3OS2. The molecule has 0 saturated heterocycles. The highest BCUT2D eigenvalue weighted by Crippen LogP contribution is 2.67. The predicted molar refractivity (Wildman–Crippen MR) is 233 cm³/mol. The van der Waals surface area contributed by atoms with Crippen molar-refractivity contribution < 1.29 is 30.8 Å². The molecule has 61 heavy (non-hydrogen) atoms. The molecular weight excluding hydrogens is 825 g/mol. The van der Waals surface area contributed by atoms with Gasteiger partial charge in [-0.25, -0.2) is 0 Å². The molecule has 11 rings (SSSR count). The third kappa shape index (κ3) is 5.37. The fourth-order valence-corrected chi connectivity index (χ4v) is 11.0. The summed E-state index contributed by atoms with van der Waals surface area (Å²) in [7, 11) is 0. The van der Waals surface area contributed by atoms with Gasteiger partial charge >= 0.3 is 17.8 Å². The van der Waals surface area contributed by atoms with Gasteiger partial charge in [0.15, 0.2) is 0 Å². The molecule has 0 radical (unpaired) electrons. The molecule has 10 aromatic rings. The van der Waals surface area contributed by atoms with E-state index in [0.29, 0.717) is 26.2 Å². The Morgan fingerprint density at radius 3 is 1.52 bits per heavy atom. The summed E-state index contributed by atoms with van der Waals surface area (Å²) in [6.07, 6.45) is 0. The van der Waals surface area contributed by atoms with E-state index in [1.165, 1.54) is 19.9 Å². The van der Waals surface area contributed by atoms with E-state index in [0.717, 1.165) is 55.6 Å². The topological polar surface area (TPSA) is 43.9 Å². The molecule has 12 heteroatoms. The molecule has 4 nitrogen and oxygen atoms in total. The zero-order chi connectivity index (χ0) is 42.0. The third-order valence-corrected chi connectivity index (χ3v) is 13.8. The number of halogens is 6. The van der Waals surface area contributed by atoms with Gasteiger partial charge in [0, 0.05) is 79.8 Å². The number of rotatable bonds is 6. The minimum absolute atomic E-state index is 0.133. The Labute approximate surface area is 351 Å². The van der Waals surface area contributed by atoms with E-state index in [9.17, 15) is 0 Å². The van der Waals surface area contributed by atoms with Crippen LogP contribution in [0.3, 0.4) is 0 Å². The number of hydrogen-bond acceptors (Lipinski definition) is 5. The van der Waals surface area contributed by atoms with Gasteiger partial charge < -0.3 is 8.98 Å². The zero-order valence-electron chi connectivity index (χ0n) is 32.1. The first-order valence-electron chi connectivity index (χ1n) is 19.3. The highest BCUT2D eigenvalue weighted by Gasteiger charge is 2.80. The summed E-state index contributed by atoms with van der Waals surface area (Å²) in [4.78, 5) is 0.403. The highest BCUT2D eigenvalue weighted by atomic mass is 32.1. The first-order chi connectivity index (χ1) is 29.3. The van der Waals surface area contributed by atoms with Gasteiger partial charge in [0.05, 0.1) is 11.0 Å². The lowest BCUT2D eigenvalue weighted by atomic mass is 9.91. The molecule has 300 valence electrons. The van der Waals surface area contributed by atoms with E-state index >= 15 is 26.3 Å². The number of para-hydroxylation sites is 2. The lowest BCUT2D eigenvalue weighted by Gasteiger charge is -2.26. The number of allylic oxidation sites excluding steroid dienone is 2. The molecule has 0 amide bonds. The maximum absolute atomic E-state index is 16.4. The molecule has 0 saturated carbocycles. The molecule has 1 aliphatic rings. The van der Waals surface area contributed by atoms with Crippen LogP contribution in [0.1, 0.15) is 20.9 Å². The largest absolute Gasteiger partial charge is 0.416 e. The maximum atomic E-state index is 16.4. The number of hydrogen-bond donors (Lipinski definition) is 0. The molecule has 0 N–H and O–H groups in total. The Kier molecular flexibility index (Phi) is 8.14. The van der Waals surface area contributed by atoms with E-state index in [1.54, 1.807) is 30.3 Å². The molecule has 6 aromatic carbocycles. The fraction of sp³-hybridized carbons (Fsp3) is 0.102. The smallest absolute Gasteiger partial charge is 0.380 e. The van der Waals surface area contributed by atoms with Crippen LogP contribution in [0, 0.1) is 13.8 Å². The van der Waals surface area contributed by atoms with Gasteiger partial charge in [-0.1, -0.05) is 91.0 Å². The second-order valence-electron chi connectivity index (χ2n) is 15.2. The van der Waals surface area contributed by atoms with Crippen molar-refractivity contribution in [2.24, 2.45) is 0 Å². The molecule has 0 spiro atoms. The number of aromatic nitrogens is 3. The molecule has 0 fully saturated rings. The van der Waals surface area contributed by atoms with Crippen LogP contribution in [0.5, 0.6) is 0 Å². The average Bonchev–Trinajstić information content (AvgIpc) is 4.05. The Bertz CT molecular complexity index is 3380.